The second-order valence-corrected chi connectivity index (χ2v) is 9.58. The van der Waals surface area contributed by atoms with E-state index in [2.05, 4.69) is 43.4 Å². The maximum atomic E-state index is 5.11. The number of hydrogen-bond donors (Lipinski definition) is 1. The molecule has 1 aliphatic rings. The smallest absolute Gasteiger partial charge is 0.224 e. The Morgan fingerprint density at radius 2 is 1.33 bits per heavy atom. The van der Waals surface area contributed by atoms with Crippen LogP contribution in [0, 0.1) is 0 Å². The summed E-state index contributed by atoms with van der Waals surface area (Å²) >= 11 is 1.86. The lowest BCUT2D eigenvalue weighted by molar-refractivity contribution is 0.230. The van der Waals surface area contributed by atoms with E-state index in [1.54, 1.807) is 0 Å². The van der Waals surface area contributed by atoms with Crippen LogP contribution in [0.3, 0.4) is 0 Å². The Morgan fingerprint density at radius 3 is 2.00 bits per heavy atom. The van der Waals surface area contributed by atoms with Crippen molar-refractivity contribution in [2.75, 3.05) is 11.7 Å². The summed E-state index contributed by atoms with van der Waals surface area (Å²) < 4.78 is 0. The molecule has 0 aromatic carbocycles. The molecule has 5 nitrogen and oxygen atoms in total. The van der Waals surface area contributed by atoms with Crippen LogP contribution >= 0.6 is 11.3 Å². The Morgan fingerprint density at radius 1 is 0.733 bits per heavy atom. The molecule has 30 heavy (non-hydrogen) atoms. The largest absolute Gasteiger partial charge is 0.285 e. The highest BCUT2D eigenvalue weighted by atomic mass is 32.1. The van der Waals surface area contributed by atoms with Crippen LogP contribution in [0.5, 0.6) is 0 Å². The number of hydrazone groups is 1. The van der Waals surface area contributed by atoms with Gasteiger partial charge >= 0.3 is 0 Å². The van der Waals surface area contributed by atoms with Crippen LogP contribution in [-0.2, 0) is 12.8 Å². The zero-order valence-electron chi connectivity index (χ0n) is 20.0. The van der Waals surface area contributed by atoms with Crippen molar-refractivity contribution in [3.63, 3.8) is 0 Å². The molecule has 0 amide bonds. The van der Waals surface area contributed by atoms with E-state index in [-0.39, 0.29) is 0 Å². The maximum Gasteiger partial charge on any atom is 0.224 e. The number of aromatic nitrogens is 1. The zero-order valence-corrected chi connectivity index (χ0v) is 20.8. The van der Waals surface area contributed by atoms with Gasteiger partial charge in [-0.1, -0.05) is 90.4 Å². The van der Waals surface area contributed by atoms with Crippen molar-refractivity contribution >= 4 is 22.3 Å². The summed E-state index contributed by atoms with van der Waals surface area (Å²) in [4.78, 5) is 6.59. The number of nitrogens with zero attached hydrogens (tertiary/aromatic N) is 4. The number of unbranched alkanes of at least 4 members (excludes halogenated alkanes) is 8. The summed E-state index contributed by atoms with van der Waals surface area (Å²) in [5.41, 5.74) is 4.89. The van der Waals surface area contributed by atoms with Gasteiger partial charge in [-0.25, -0.2) is 4.98 Å². The second-order valence-electron chi connectivity index (χ2n) is 8.52. The van der Waals surface area contributed by atoms with Gasteiger partial charge in [0, 0.05) is 17.8 Å². The van der Waals surface area contributed by atoms with E-state index in [0.717, 1.165) is 36.8 Å². The highest BCUT2D eigenvalue weighted by molar-refractivity contribution is 7.15. The normalized spacial score (nSPS) is 14.4. The number of anilines is 1. The lowest BCUT2D eigenvalue weighted by Crippen LogP contribution is -2.44. The Hall–Kier alpha value is -1.14. The van der Waals surface area contributed by atoms with Gasteiger partial charge in [0.25, 0.3) is 0 Å². The lowest BCUT2D eigenvalue weighted by atomic mass is 10.1. The Bertz CT molecular complexity index is 585. The van der Waals surface area contributed by atoms with Crippen LogP contribution < -0.4 is 10.5 Å². The molecule has 172 valence electrons. The predicted molar refractivity (Wildman–Crippen MR) is 132 cm³/mol. The zero-order chi connectivity index (χ0) is 21.6. The Labute approximate surface area is 189 Å². The fraction of sp³-hybridized carbons (Fsp3) is 0.833. The molecule has 0 aliphatic carbocycles. The Kier molecular flexibility index (Phi) is 12.4. The number of nitrogens with one attached hydrogen (secondary N) is 1. The summed E-state index contributed by atoms with van der Waals surface area (Å²) in [7, 11) is 0. The molecule has 0 atom stereocenters. The third-order valence-corrected chi connectivity index (χ3v) is 6.78. The van der Waals surface area contributed by atoms with Gasteiger partial charge in [0.1, 0.15) is 5.84 Å². The van der Waals surface area contributed by atoms with Crippen molar-refractivity contribution in [3.8, 4) is 0 Å². The fourth-order valence-corrected chi connectivity index (χ4v) is 4.88. The van der Waals surface area contributed by atoms with Crippen LogP contribution in [0.2, 0.25) is 0 Å². The molecule has 0 saturated carbocycles. The van der Waals surface area contributed by atoms with E-state index in [9.17, 15) is 0 Å². The first-order chi connectivity index (χ1) is 14.7. The predicted octanol–water partition coefficient (Wildman–Crippen LogP) is 7.23. The molecule has 0 saturated heterocycles. The minimum atomic E-state index is 0.977. The molecule has 6 heteroatoms. The van der Waals surface area contributed by atoms with Gasteiger partial charge in [0.05, 0.1) is 5.69 Å². The highest BCUT2D eigenvalue weighted by Gasteiger charge is 2.27. The maximum absolute atomic E-state index is 5.11. The van der Waals surface area contributed by atoms with E-state index in [1.165, 1.54) is 87.6 Å². The van der Waals surface area contributed by atoms with E-state index < -0.39 is 0 Å². The topological polar surface area (TPSA) is 43.8 Å². The fourth-order valence-electron chi connectivity index (χ4n) is 3.77. The number of aryl methyl sites for hydroxylation is 2. The minimum absolute atomic E-state index is 0.977. The van der Waals surface area contributed by atoms with Gasteiger partial charge in [0.2, 0.25) is 5.13 Å². The number of thiazole rings is 1. The third kappa shape index (κ3) is 8.18. The number of amidine groups is 1. The van der Waals surface area contributed by atoms with E-state index in [4.69, 9.17) is 10.1 Å². The van der Waals surface area contributed by atoms with Crippen LogP contribution in [0.25, 0.3) is 0 Å². The summed E-state index contributed by atoms with van der Waals surface area (Å²) in [6.07, 6.45) is 18.3. The molecule has 2 heterocycles. The molecule has 0 radical (unpaired) electrons. The van der Waals surface area contributed by atoms with Crippen molar-refractivity contribution in [3.05, 3.63) is 10.6 Å². The van der Waals surface area contributed by atoms with Crippen LogP contribution in [0.4, 0.5) is 5.13 Å². The molecule has 1 aromatic heterocycles. The monoisotopic (exact) mass is 435 g/mol. The summed E-state index contributed by atoms with van der Waals surface area (Å²) in [5.74, 6) is 1.09. The molecule has 0 unspecified atom stereocenters. The quantitative estimate of drug-likeness (QED) is 0.262. The van der Waals surface area contributed by atoms with Crippen molar-refractivity contribution in [2.24, 2.45) is 5.10 Å². The molecule has 0 spiro atoms. The van der Waals surface area contributed by atoms with Crippen LogP contribution in [0.15, 0.2) is 5.10 Å². The van der Waals surface area contributed by atoms with Crippen molar-refractivity contribution in [2.45, 2.75) is 124 Å². The molecular formula is C24H45N5S. The summed E-state index contributed by atoms with van der Waals surface area (Å²) in [5, 5.41) is 10.3. The van der Waals surface area contributed by atoms with Crippen molar-refractivity contribution < 1.29 is 0 Å². The second kappa shape index (κ2) is 14.8. The van der Waals surface area contributed by atoms with Crippen LogP contribution in [-0.4, -0.2) is 22.5 Å². The summed E-state index contributed by atoms with van der Waals surface area (Å²) in [6, 6.07) is 0. The molecule has 2 rings (SSSR count). The standard InChI is InChI=1S/C24H45N5S/c1-5-9-13-17-21-22(18-14-10-6-2)30-24(25-21)29-27-23(19-15-11-7-3)26-28(29)20-16-12-8-4/h5-20H2,1-4H3,(H,26,27). The van der Waals surface area contributed by atoms with E-state index >= 15 is 0 Å². The van der Waals surface area contributed by atoms with Gasteiger partial charge < -0.3 is 0 Å². The number of hydrogen-bond acceptors (Lipinski definition) is 6. The number of hydrazine groups is 2. The summed E-state index contributed by atoms with van der Waals surface area (Å²) in [6.45, 7) is 10.0. The molecule has 1 aromatic rings. The van der Waals surface area contributed by atoms with Crippen molar-refractivity contribution in [1.82, 2.24) is 15.5 Å². The van der Waals surface area contributed by atoms with Gasteiger partial charge in [-0.3, -0.25) is 5.43 Å². The van der Waals surface area contributed by atoms with Gasteiger partial charge in [0.15, 0.2) is 0 Å². The molecule has 0 fully saturated rings. The van der Waals surface area contributed by atoms with E-state index in [1.807, 2.05) is 11.3 Å². The van der Waals surface area contributed by atoms with Crippen LogP contribution in [0.1, 0.15) is 122 Å². The average molecular weight is 436 g/mol. The SMILES string of the molecule is CCCCCC1=NN(c2nc(CCCCC)c(CCCCC)s2)N(CCCCC)N1. The van der Waals surface area contributed by atoms with Gasteiger partial charge in [-0.15, -0.1) is 15.3 Å². The van der Waals surface area contributed by atoms with Gasteiger partial charge in [-0.2, -0.15) is 0 Å². The number of rotatable bonds is 17. The molecule has 0 bridgehead atoms. The first-order valence-electron chi connectivity index (χ1n) is 12.6. The lowest BCUT2D eigenvalue weighted by Gasteiger charge is -2.24. The highest BCUT2D eigenvalue weighted by Crippen LogP contribution is 2.31. The van der Waals surface area contributed by atoms with Crippen molar-refractivity contribution in [1.29, 1.82) is 0 Å². The van der Waals surface area contributed by atoms with Gasteiger partial charge in [-0.05, 0) is 38.5 Å². The first-order valence-corrected chi connectivity index (χ1v) is 13.4. The Balaban J connectivity index is 2.15. The molecule has 1 aliphatic heterocycles. The molecule has 1 N–H and O–H groups in total. The van der Waals surface area contributed by atoms with E-state index in [0.29, 0.717) is 0 Å². The molecular weight excluding hydrogens is 390 g/mol. The minimum Gasteiger partial charge on any atom is -0.285 e. The average Bonchev–Trinajstić information content (AvgIpc) is 3.33. The third-order valence-electron chi connectivity index (χ3n) is 5.66. The first kappa shape index (κ1) is 25.1.